The van der Waals surface area contributed by atoms with Crippen LogP contribution in [0.4, 0.5) is 5.82 Å². The summed E-state index contributed by atoms with van der Waals surface area (Å²) in [5.41, 5.74) is 1.45. The van der Waals surface area contributed by atoms with E-state index >= 15 is 0 Å². The molecule has 1 atom stereocenters. The molecule has 0 saturated heterocycles. The van der Waals surface area contributed by atoms with Gasteiger partial charge in [-0.15, -0.1) is 11.3 Å². The second-order valence-electron chi connectivity index (χ2n) is 4.60. The molecule has 1 unspecified atom stereocenters. The molecule has 0 amide bonds. The minimum atomic E-state index is -0.0709. The lowest BCUT2D eigenvalue weighted by atomic mass is 10.2. The number of rotatable bonds is 3. The third-order valence-electron chi connectivity index (χ3n) is 3.54. The van der Waals surface area contributed by atoms with Crippen LogP contribution in [0.1, 0.15) is 35.7 Å². The van der Waals surface area contributed by atoms with E-state index in [0.29, 0.717) is 0 Å². The standard InChI is InChI=1S/C13H17N3OS/c1-7(17-3)11-15-12(14-2)10-8-5-4-6-9(8)18-13(10)16-11/h7H,4-6H2,1-3H3,(H,14,15,16). The van der Waals surface area contributed by atoms with Crippen molar-refractivity contribution in [3.8, 4) is 0 Å². The maximum absolute atomic E-state index is 5.31. The normalized spacial score (nSPS) is 15.9. The number of aromatic nitrogens is 2. The molecule has 0 aliphatic heterocycles. The van der Waals surface area contributed by atoms with E-state index in [2.05, 4.69) is 15.3 Å². The predicted molar refractivity (Wildman–Crippen MR) is 74.4 cm³/mol. The van der Waals surface area contributed by atoms with Crippen LogP contribution in [-0.2, 0) is 17.6 Å². The van der Waals surface area contributed by atoms with Crippen molar-refractivity contribution < 1.29 is 4.74 Å². The van der Waals surface area contributed by atoms with Gasteiger partial charge in [-0.3, -0.25) is 0 Å². The Kier molecular flexibility index (Phi) is 2.95. The highest BCUT2D eigenvalue weighted by Gasteiger charge is 2.22. The van der Waals surface area contributed by atoms with Gasteiger partial charge in [-0.1, -0.05) is 0 Å². The zero-order chi connectivity index (χ0) is 12.7. The Bertz CT molecular complexity index is 593. The fraction of sp³-hybridized carbons (Fsp3) is 0.538. The van der Waals surface area contributed by atoms with E-state index in [9.17, 15) is 0 Å². The molecule has 0 spiro atoms. The number of ether oxygens (including phenoxy) is 1. The van der Waals surface area contributed by atoms with E-state index in [-0.39, 0.29) is 6.10 Å². The highest BCUT2D eigenvalue weighted by atomic mass is 32.1. The first-order valence-corrected chi connectivity index (χ1v) is 7.09. The van der Waals surface area contributed by atoms with E-state index in [0.717, 1.165) is 22.9 Å². The van der Waals surface area contributed by atoms with Crippen molar-refractivity contribution in [3.05, 3.63) is 16.3 Å². The average molecular weight is 263 g/mol. The maximum Gasteiger partial charge on any atom is 0.160 e. The summed E-state index contributed by atoms with van der Waals surface area (Å²) in [4.78, 5) is 11.8. The van der Waals surface area contributed by atoms with Gasteiger partial charge in [0.15, 0.2) is 5.82 Å². The number of aryl methyl sites for hydroxylation is 2. The zero-order valence-electron chi connectivity index (χ0n) is 10.9. The van der Waals surface area contributed by atoms with E-state index < -0.39 is 0 Å². The number of methoxy groups -OCH3 is 1. The van der Waals surface area contributed by atoms with Crippen LogP contribution in [0, 0.1) is 0 Å². The van der Waals surface area contributed by atoms with Crippen LogP contribution in [0.2, 0.25) is 0 Å². The van der Waals surface area contributed by atoms with Gasteiger partial charge in [0.25, 0.3) is 0 Å². The van der Waals surface area contributed by atoms with E-state index in [1.807, 2.05) is 25.3 Å². The van der Waals surface area contributed by atoms with Gasteiger partial charge in [-0.05, 0) is 31.7 Å². The lowest BCUT2D eigenvalue weighted by Gasteiger charge is -2.10. The first-order chi connectivity index (χ1) is 8.74. The minimum absolute atomic E-state index is 0.0709. The maximum atomic E-state index is 5.31. The molecule has 5 heteroatoms. The highest BCUT2D eigenvalue weighted by Crippen LogP contribution is 2.39. The molecule has 3 rings (SSSR count). The molecule has 1 aliphatic rings. The Morgan fingerprint density at radius 2 is 2.17 bits per heavy atom. The van der Waals surface area contributed by atoms with Gasteiger partial charge in [0.2, 0.25) is 0 Å². The molecule has 18 heavy (non-hydrogen) atoms. The molecule has 0 aromatic carbocycles. The fourth-order valence-corrected chi connectivity index (χ4v) is 3.75. The van der Waals surface area contributed by atoms with Crippen LogP contribution in [-0.4, -0.2) is 24.1 Å². The third kappa shape index (κ3) is 1.69. The van der Waals surface area contributed by atoms with Crippen molar-refractivity contribution in [2.24, 2.45) is 0 Å². The Labute approximate surface area is 110 Å². The molecule has 0 saturated carbocycles. The summed E-state index contributed by atoms with van der Waals surface area (Å²) in [6, 6.07) is 0. The Hall–Kier alpha value is -1.20. The summed E-state index contributed by atoms with van der Waals surface area (Å²) in [7, 11) is 3.60. The smallest absolute Gasteiger partial charge is 0.160 e. The van der Waals surface area contributed by atoms with Crippen molar-refractivity contribution in [1.82, 2.24) is 9.97 Å². The Morgan fingerprint density at radius 1 is 1.33 bits per heavy atom. The molecule has 2 aromatic heterocycles. The van der Waals surface area contributed by atoms with Crippen LogP contribution >= 0.6 is 11.3 Å². The summed E-state index contributed by atoms with van der Waals surface area (Å²) in [5.74, 6) is 1.70. The van der Waals surface area contributed by atoms with Crippen LogP contribution in [0.3, 0.4) is 0 Å². The van der Waals surface area contributed by atoms with Crippen molar-refractivity contribution in [2.75, 3.05) is 19.5 Å². The number of nitrogens with one attached hydrogen (secondary N) is 1. The van der Waals surface area contributed by atoms with Gasteiger partial charge in [0.05, 0.1) is 5.39 Å². The predicted octanol–water partition coefficient (Wildman–Crippen LogP) is 2.93. The quantitative estimate of drug-likeness (QED) is 0.925. The number of hydrogen-bond acceptors (Lipinski definition) is 5. The number of thiophene rings is 1. The molecule has 0 radical (unpaired) electrons. The highest BCUT2D eigenvalue weighted by molar-refractivity contribution is 7.19. The lowest BCUT2D eigenvalue weighted by molar-refractivity contribution is 0.112. The van der Waals surface area contributed by atoms with Crippen LogP contribution in [0.5, 0.6) is 0 Å². The molecular weight excluding hydrogens is 246 g/mol. The second-order valence-corrected chi connectivity index (χ2v) is 5.68. The lowest BCUT2D eigenvalue weighted by Crippen LogP contribution is -2.05. The van der Waals surface area contributed by atoms with Crippen LogP contribution in [0.25, 0.3) is 10.2 Å². The molecule has 1 aliphatic carbocycles. The van der Waals surface area contributed by atoms with Crippen LogP contribution in [0.15, 0.2) is 0 Å². The van der Waals surface area contributed by atoms with Gasteiger partial charge >= 0.3 is 0 Å². The average Bonchev–Trinajstić information content (AvgIpc) is 2.96. The summed E-state index contributed by atoms with van der Waals surface area (Å²) in [5, 5.41) is 4.43. The zero-order valence-corrected chi connectivity index (χ0v) is 11.7. The molecule has 0 bridgehead atoms. The number of hydrogen-bond donors (Lipinski definition) is 1. The van der Waals surface area contributed by atoms with Gasteiger partial charge in [-0.2, -0.15) is 0 Å². The SMILES string of the molecule is CNc1nc(C(C)OC)nc2sc3c(c12)CCC3. The van der Waals surface area contributed by atoms with E-state index in [1.54, 1.807) is 7.11 Å². The van der Waals surface area contributed by atoms with Gasteiger partial charge < -0.3 is 10.1 Å². The number of anilines is 1. The van der Waals surface area contributed by atoms with Crippen LogP contribution < -0.4 is 5.32 Å². The van der Waals surface area contributed by atoms with E-state index in [4.69, 9.17) is 4.74 Å². The summed E-state index contributed by atoms with van der Waals surface area (Å²) < 4.78 is 5.31. The van der Waals surface area contributed by atoms with Gasteiger partial charge in [0.1, 0.15) is 16.8 Å². The molecule has 2 aromatic rings. The topological polar surface area (TPSA) is 47.0 Å². The first-order valence-electron chi connectivity index (χ1n) is 6.27. The number of nitrogens with zero attached hydrogens (tertiary/aromatic N) is 2. The molecular formula is C13H17N3OS. The van der Waals surface area contributed by atoms with Crippen molar-refractivity contribution >= 4 is 27.4 Å². The molecule has 2 heterocycles. The second kappa shape index (κ2) is 4.48. The van der Waals surface area contributed by atoms with Gasteiger partial charge in [-0.25, -0.2) is 9.97 Å². The Morgan fingerprint density at radius 3 is 2.89 bits per heavy atom. The minimum Gasteiger partial charge on any atom is -0.374 e. The van der Waals surface area contributed by atoms with Crippen molar-refractivity contribution in [3.63, 3.8) is 0 Å². The fourth-order valence-electron chi connectivity index (χ4n) is 2.48. The first kappa shape index (κ1) is 11.9. The molecule has 4 nitrogen and oxygen atoms in total. The number of fused-ring (bicyclic) bond motifs is 3. The van der Waals surface area contributed by atoms with E-state index in [1.165, 1.54) is 28.7 Å². The van der Waals surface area contributed by atoms with Crippen molar-refractivity contribution in [2.45, 2.75) is 32.3 Å². The van der Waals surface area contributed by atoms with Gasteiger partial charge in [0, 0.05) is 19.0 Å². The van der Waals surface area contributed by atoms with Crippen molar-refractivity contribution in [1.29, 1.82) is 0 Å². The molecule has 96 valence electrons. The monoisotopic (exact) mass is 263 g/mol. The third-order valence-corrected chi connectivity index (χ3v) is 4.72. The molecule has 1 N–H and O–H groups in total. The summed E-state index contributed by atoms with van der Waals surface area (Å²) in [6.45, 7) is 1.97. The largest absolute Gasteiger partial charge is 0.374 e. The molecule has 0 fully saturated rings. The summed E-state index contributed by atoms with van der Waals surface area (Å²) in [6.07, 6.45) is 3.54. The Balaban J connectivity index is 2.23. The summed E-state index contributed by atoms with van der Waals surface area (Å²) >= 11 is 1.81.